The number of nitrogens with zero attached hydrogens (tertiary/aromatic N) is 3. The maximum absolute atomic E-state index is 13.3. The zero-order chi connectivity index (χ0) is 19.5. The Morgan fingerprint density at radius 2 is 2.00 bits per heavy atom. The minimum atomic E-state index is 0.0576. The number of rotatable bonds is 4. The van der Waals surface area contributed by atoms with Crippen molar-refractivity contribution >= 4 is 16.8 Å². The van der Waals surface area contributed by atoms with Crippen LogP contribution in [0.2, 0.25) is 0 Å². The average Bonchev–Trinajstić information content (AvgIpc) is 2.78. The molecule has 1 aromatic carbocycles. The lowest BCUT2D eigenvalue weighted by molar-refractivity contribution is 0.0456. The van der Waals surface area contributed by atoms with Crippen molar-refractivity contribution in [2.75, 3.05) is 39.9 Å². The lowest BCUT2D eigenvalue weighted by Gasteiger charge is -2.42. The predicted molar refractivity (Wildman–Crippen MR) is 109 cm³/mol. The monoisotopic (exact) mass is 383 g/mol. The fourth-order valence-corrected chi connectivity index (χ4v) is 4.62. The van der Waals surface area contributed by atoms with Crippen molar-refractivity contribution in [1.82, 2.24) is 14.8 Å². The summed E-state index contributed by atoms with van der Waals surface area (Å²) in [7, 11) is 1.58. The lowest BCUT2D eigenvalue weighted by atomic mass is 9.94. The molecule has 2 aromatic rings. The molecule has 2 fully saturated rings. The molecule has 3 heterocycles. The van der Waals surface area contributed by atoms with Crippen LogP contribution in [-0.2, 0) is 0 Å². The van der Waals surface area contributed by atoms with Gasteiger partial charge in [-0.2, -0.15) is 0 Å². The minimum absolute atomic E-state index is 0.0576. The van der Waals surface area contributed by atoms with Gasteiger partial charge in [0, 0.05) is 43.7 Å². The number of hydrogen-bond acceptors (Lipinski definition) is 5. The number of benzene rings is 1. The quantitative estimate of drug-likeness (QED) is 0.879. The number of aromatic nitrogens is 1. The highest BCUT2D eigenvalue weighted by molar-refractivity contribution is 6.06. The maximum Gasteiger partial charge on any atom is 0.254 e. The molecule has 0 spiro atoms. The highest BCUT2D eigenvalue weighted by atomic mass is 16.5. The Balaban J connectivity index is 1.47. The maximum atomic E-state index is 13.3. The summed E-state index contributed by atoms with van der Waals surface area (Å²) in [6.07, 6.45) is 4.27. The van der Waals surface area contributed by atoms with Crippen LogP contribution in [-0.4, -0.2) is 71.7 Å². The molecule has 1 N–H and O–H groups in total. The number of likely N-dealkylation sites (tertiary alicyclic amines) is 2. The Morgan fingerprint density at radius 1 is 1.21 bits per heavy atom. The second-order valence-corrected chi connectivity index (χ2v) is 7.94. The Kier molecular flexibility index (Phi) is 5.78. The third-order valence-corrected chi connectivity index (χ3v) is 6.21. The summed E-state index contributed by atoms with van der Waals surface area (Å²) in [5, 5.41) is 10.4. The molecule has 1 aromatic heterocycles. The van der Waals surface area contributed by atoms with Crippen molar-refractivity contribution in [3.8, 4) is 5.88 Å². The number of hydrogen-bond donors (Lipinski definition) is 1. The summed E-state index contributed by atoms with van der Waals surface area (Å²) in [5.41, 5.74) is 1.45. The molecule has 0 radical (unpaired) electrons. The van der Waals surface area contributed by atoms with E-state index in [9.17, 15) is 9.90 Å². The number of piperidine rings is 2. The second-order valence-electron chi connectivity index (χ2n) is 7.94. The molecule has 6 heteroatoms. The highest BCUT2D eigenvalue weighted by Gasteiger charge is 2.31. The number of aliphatic hydroxyl groups excluding tert-OH is 1. The van der Waals surface area contributed by atoms with Gasteiger partial charge < -0.3 is 14.7 Å². The predicted octanol–water partition coefficient (Wildman–Crippen LogP) is 2.55. The van der Waals surface area contributed by atoms with Crippen LogP contribution >= 0.6 is 0 Å². The van der Waals surface area contributed by atoms with Crippen molar-refractivity contribution in [1.29, 1.82) is 0 Å². The Hall–Kier alpha value is -2.18. The van der Waals surface area contributed by atoms with Crippen molar-refractivity contribution in [2.45, 2.75) is 31.7 Å². The molecule has 1 amide bonds. The van der Waals surface area contributed by atoms with Crippen LogP contribution < -0.4 is 4.74 Å². The van der Waals surface area contributed by atoms with Gasteiger partial charge in [0.25, 0.3) is 5.91 Å². The number of aliphatic hydroxyl groups is 1. The molecule has 2 aliphatic rings. The second kappa shape index (κ2) is 8.45. The van der Waals surface area contributed by atoms with Gasteiger partial charge >= 0.3 is 0 Å². The summed E-state index contributed by atoms with van der Waals surface area (Å²) in [4.78, 5) is 22.2. The Morgan fingerprint density at radius 3 is 2.75 bits per heavy atom. The molecule has 0 unspecified atom stereocenters. The average molecular weight is 383 g/mol. The molecule has 1 atom stereocenters. The first-order valence-corrected chi connectivity index (χ1v) is 10.3. The van der Waals surface area contributed by atoms with Gasteiger partial charge in [0.1, 0.15) is 0 Å². The van der Waals surface area contributed by atoms with E-state index in [1.165, 1.54) is 0 Å². The molecule has 150 valence electrons. The molecule has 6 nitrogen and oxygen atoms in total. The first kappa shape index (κ1) is 19.2. The molecular weight excluding hydrogens is 354 g/mol. The Bertz CT molecular complexity index is 833. The number of ether oxygens (including phenoxy) is 1. The molecule has 0 saturated carbocycles. The summed E-state index contributed by atoms with van der Waals surface area (Å²) in [5.74, 6) is 0.937. The van der Waals surface area contributed by atoms with Crippen LogP contribution in [0.15, 0.2) is 30.3 Å². The largest absolute Gasteiger partial charge is 0.481 e. The van der Waals surface area contributed by atoms with E-state index in [-0.39, 0.29) is 12.5 Å². The Labute approximate surface area is 166 Å². The van der Waals surface area contributed by atoms with Gasteiger partial charge in [-0.25, -0.2) is 4.98 Å². The van der Waals surface area contributed by atoms with Crippen molar-refractivity contribution in [3.63, 3.8) is 0 Å². The zero-order valence-electron chi connectivity index (χ0n) is 16.5. The minimum Gasteiger partial charge on any atom is -0.481 e. The smallest absolute Gasteiger partial charge is 0.254 e. The molecule has 4 rings (SSSR count). The first-order valence-electron chi connectivity index (χ1n) is 10.3. The third-order valence-electron chi connectivity index (χ3n) is 6.21. The van der Waals surface area contributed by atoms with E-state index < -0.39 is 0 Å². The van der Waals surface area contributed by atoms with Gasteiger partial charge in [-0.1, -0.05) is 18.2 Å². The van der Waals surface area contributed by atoms with E-state index in [1.807, 2.05) is 29.2 Å². The van der Waals surface area contributed by atoms with Crippen LogP contribution in [0.4, 0.5) is 0 Å². The number of carbonyl (C=O) groups is 1. The SMILES string of the molecule is COc1cc(C(=O)N2CCC(N3CCC[C@H](CO)C3)CC2)c2ccccc2n1. The molecular formula is C22H29N3O3. The third kappa shape index (κ3) is 3.84. The van der Waals surface area contributed by atoms with Crippen LogP contribution in [0.3, 0.4) is 0 Å². The van der Waals surface area contributed by atoms with Gasteiger partial charge in [0.05, 0.1) is 18.2 Å². The topological polar surface area (TPSA) is 65.9 Å². The molecule has 2 aliphatic heterocycles. The van der Waals surface area contributed by atoms with Crippen LogP contribution in [0.25, 0.3) is 10.9 Å². The van der Waals surface area contributed by atoms with Gasteiger partial charge in [-0.05, 0) is 44.2 Å². The fourth-order valence-electron chi connectivity index (χ4n) is 4.62. The van der Waals surface area contributed by atoms with E-state index in [0.29, 0.717) is 23.4 Å². The summed E-state index contributed by atoms with van der Waals surface area (Å²) in [6.45, 7) is 3.92. The highest BCUT2D eigenvalue weighted by Crippen LogP contribution is 2.27. The zero-order valence-corrected chi connectivity index (χ0v) is 16.5. The molecule has 0 bridgehead atoms. The van der Waals surface area contributed by atoms with Gasteiger partial charge in [0.2, 0.25) is 5.88 Å². The standard InChI is InChI=1S/C22H29N3O3/c1-28-21-13-19(18-6-2-3-7-20(18)23-21)22(27)24-11-8-17(9-12-24)25-10-4-5-16(14-25)15-26/h2-3,6-7,13,16-17,26H,4-5,8-12,14-15H2,1H3/t16-/m0/s1. The summed E-state index contributed by atoms with van der Waals surface area (Å²) < 4.78 is 5.31. The number of amides is 1. The van der Waals surface area contributed by atoms with E-state index in [1.54, 1.807) is 13.2 Å². The van der Waals surface area contributed by atoms with E-state index in [2.05, 4.69) is 9.88 Å². The number of carbonyl (C=O) groups excluding carboxylic acids is 1. The van der Waals surface area contributed by atoms with Crippen molar-refractivity contribution in [2.24, 2.45) is 5.92 Å². The van der Waals surface area contributed by atoms with Crippen LogP contribution in [0, 0.1) is 5.92 Å². The molecule has 28 heavy (non-hydrogen) atoms. The lowest BCUT2D eigenvalue weighted by Crippen LogP contribution is -2.50. The van der Waals surface area contributed by atoms with E-state index in [0.717, 1.165) is 62.8 Å². The first-order chi connectivity index (χ1) is 13.7. The van der Waals surface area contributed by atoms with Gasteiger partial charge in [-0.15, -0.1) is 0 Å². The van der Waals surface area contributed by atoms with Crippen molar-refractivity contribution in [3.05, 3.63) is 35.9 Å². The van der Waals surface area contributed by atoms with Crippen molar-refractivity contribution < 1.29 is 14.6 Å². The molecule has 2 saturated heterocycles. The molecule has 0 aliphatic carbocycles. The van der Waals surface area contributed by atoms with Crippen LogP contribution in [0.5, 0.6) is 5.88 Å². The van der Waals surface area contributed by atoms with Crippen LogP contribution in [0.1, 0.15) is 36.0 Å². The normalized spacial score (nSPS) is 21.8. The fraction of sp³-hybridized carbons (Fsp3) is 0.545. The summed E-state index contributed by atoms with van der Waals surface area (Å²) >= 11 is 0. The van der Waals surface area contributed by atoms with E-state index >= 15 is 0 Å². The number of methoxy groups -OCH3 is 1. The van der Waals surface area contributed by atoms with Gasteiger partial charge in [-0.3, -0.25) is 9.69 Å². The number of pyridine rings is 1. The summed E-state index contributed by atoms with van der Waals surface area (Å²) in [6, 6.07) is 9.99. The number of para-hydroxylation sites is 1. The van der Waals surface area contributed by atoms with Gasteiger partial charge in [0.15, 0.2) is 0 Å². The number of fused-ring (bicyclic) bond motifs is 1. The van der Waals surface area contributed by atoms with E-state index in [4.69, 9.17) is 4.74 Å².